The zero-order chi connectivity index (χ0) is 20.5. The Morgan fingerprint density at radius 3 is 2.62 bits per heavy atom. The van der Waals surface area contributed by atoms with Crippen molar-refractivity contribution in [2.24, 2.45) is 0 Å². The van der Waals surface area contributed by atoms with Gasteiger partial charge in [-0.1, -0.05) is 55.0 Å². The van der Waals surface area contributed by atoms with Gasteiger partial charge in [0.2, 0.25) is 5.91 Å². The van der Waals surface area contributed by atoms with Crippen LogP contribution in [0.15, 0.2) is 48.5 Å². The molecule has 150 valence electrons. The molecule has 29 heavy (non-hydrogen) atoms. The van der Waals surface area contributed by atoms with Crippen LogP contribution >= 0.6 is 0 Å². The number of carbonyl (C=O) groups is 1. The molecule has 3 aromatic rings. The van der Waals surface area contributed by atoms with Crippen molar-refractivity contribution in [3.63, 3.8) is 0 Å². The van der Waals surface area contributed by atoms with Crippen molar-refractivity contribution in [3.8, 4) is 5.69 Å². The zero-order valence-corrected chi connectivity index (χ0v) is 17.8. The van der Waals surface area contributed by atoms with E-state index in [-0.39, 0.29) is 11.8 Å². The van der Waals surface area contributed by atoms with Crippen LogP contribution in [-0.2, 0) is 27.1 Å². The third kappa shape index (κ3) is 3.77. The van der Waals surface area contributed by atoms with E-state index in [0.717, 1.165) is 28.1 Å². The normalized spacial score (nSPS) is 16.4. The summed E-state index contributed by atoms with van der Waals surface area (Å²) >= 11 is 0. The average Bonchev–Trinajstić information content (AvgIpc) is 3.20. The van der Waals surface area contributed by atoms with Crippen LogP contribution in [-0.4, -0.2) is 19.9 Å². The summed E-state index contributed by atoms with van der Waals surface area (Å²) in [6.07, 6.45) is 0.696. The van der Waals surface area contributed by atoms with Gasteiger partial charge in [0, 0.05) is 16.4 Å². The summed E-state index contributed by atoms with van der Waals surface area (Å²) in [4.78, 5) is 13.2. The van der Waals surface area contributed by atoms with Crippen LogP contribution in [0, 0.1) is 13.8 Å². The van der Waals surface area contributed by atoms with Gasteiger partial charge in [0.05, 0.1) is 28.8 Å². The lowest BCUT2D eigenvalue weighted by Crippen LogP contribution is -2.23. The SMILES string of the molecule is CC[C@@H](C(=O)Nc1c2c(nn1-c1ccc(C)cc1C)C[S@@](=O)C2)c1ccccc1. The number of hydrogen-bond donors (Lipinski definition) is 1. The molecule has 0 saturated heterocycles. The maximum atomic E-state index is 13.2. The quantitative estimate of drug-likeness (QED) is 0.682. The van der Waals surface area contributed by atoms with E-state index < -0.39 is 10.8 Å². The second kappa shape index (κ2) is 7.95. The van der Waals surface area contributed by atoms with Crippen molar-refractivity contribution in [1.29, 1.82) is 0 Å². The minimum atomic E-state index is -0.963. The Hall–Kier alpha value is -2.73. The molecule has 0 spiro atoms. The first-order valence-corrected chi connectivity index (χ1v) is 11.4. The first kappa shape index (κ1) is 19.6. The molecule has 0 fully saturated rings. The molecule has 1 aliphatic rings. The molecule has 0 saturated carbocycles. The lowest BCUT2D eigenvalue weighted by Gasteiger charge is -2.18. The Labute approximate surface area is 173 Å². The molecule has 5 nitrogen and oxygen atoms in total. The third-order valence-electron chi connectivity index (χ3n) is 5.42. The van der Waals surface area contributed by atoms with Gasteiger partial charge < -0.3 is 5.32 Å². The number of benzene rings is 2. The molecule has 2 aromatic carbocycles. The molecule has 4 rings (SSSR count). The topological polar surface area (TPSA) is 64.0 Å². The van der Waals surface area contributed by atoms with Crippen molar-refractivity contribution in [1.82, 2.24) is 9.78 Å². The Morgan fingerprint density at radius 1 is 1.17 bits per heavy atom. The summed E-state index contributed by atoms with van der Waals surface area (Å²) in [5.74, 6) is 1.20. The fraction of sp³-hybridized carbons (Fsp3) is 0.304. The molecule has 1 aromatic heterocycles. The number of aromatic nitrogens is 2. The number of nitrogens with one attached hydrogen (secondary N) is 1. The van der Waals surface area contributed by atoms with Gasteiger partial charge in [0.1, 0.15) is 5.82 Å². The highest BCUT2D eigenvalue weighted by atomic mass is 32.2. The third-order valence-corrected chi connectivity index (χ3v) is 6.62. The summed E-state index contributed by atoms with van der Waals surface area (Å²) in [6.45, 7) is 6.10. The van der Waals surface area contributed by atoms with Gasteiger partial charge >= 0.3 is 0 Å². The minimum absolute atomic E-state index is 0.0647. The lowest BCUT2D eigenvalue weighted by atomic mass is 9.95. The molecule has 2 heterocycles. The van der Waals surface area contributed by atoms with E-state index in [4.69, 9.17) is 5.10 Å². The average molecular weight is 408 g/mol. The second-order valence-electron chi connectivity index (χ2n) is 7.56. The van der Waals surface area contributed by atoms with Gasteiger partial charge in [-0.2, -0.15) is 5.10 Å². The van der Waals surface area contributed by atoms with Crippen molar-refractivity contribution in [2.75, 3.05) is 5.32 Å². The van der Waals surface area contributed by atoms with Crippen LogP contribution < -0.4 is 5.32 Å². The number of rotatable bonds is 5. The van der Waals surface area contributed by atoms with Crippen LogP contribution in [0.3, 0.4) is 0 Å². The highest BCUT2D eigenvalue weighted by molar-refractivity contribution is 7.83. The molecule has 2 atom stereocenters. The van der Waals surface area contributed by atoms with Crippen molar-refractivity contribution in [3.05, 3.63) is 76.5 Å². The van der Waals surface area contributed by atoms with Crippen LogP contribution in [0.1, 0.15) is 47.2 Å². The summed E-state index contributed by atoms with van der Waals surface area (Å²) in [6, 6.07) is 16.0. The Kier molecular flexibility index (Phi) is 5.37. The van der Waals surface area contributed by atoms with Crippen LogP contribution in [0.25, 0.3) is 5.69 Å². The Bertz CT molecular complexity index is 1090. The number of anilines is 1. The molecule has 0 bridgehead atoms. The molecule has 1 aliphatic heterocycles. The molecule has 1 N–H and O–H groups in total. The van der Waals surface area contributed by atoms with E-state index in [2.05, 4.69) is 18.3 Å². The number of fused-ring (bicyclic) bond motifs is 1. The molecule has 6 heteroatoms. The number of amides is 1. The van der Waals surface area contributed by atoms with Crippen LogP contribution in [0.4, 0.5) is 5.82 Å². The van der Waals surface area contributed by atoms with E-state index in [1.165, 1.54) is 5.56 Å². The van der Waals surface area contributed by atoms with E-state index in [0.29, 0.717) is 23.7 Å². The predicted molar refractivity (Wildman–Crippen MR) is 117 cm³/mol. The van der Waals surface area contributed by atoms with Crippen molar-refractivity contribution in [2.45, 2.75) is 44.6 Å². The number of aryl methyl sites for hydroxylation is 2. The van der Waals surface area contributed by atoms with Crippen LogP contribution in [0.5, 0.6) is 0 Å². The van der Waals surface area contributed by atoms with E-state index >= 15 is 0 Å². The van der Waals surface area contributed by atoms with Gasteiger partial charge in [0.25, 0.3) is 0 Å². The molecule has 1 amide bonds. The molecular weight excluding hydrogens is 382 g/mol. The fourth-order valence-corrected chi connectivity index (χ4v) is 5.20. The number of hydrogen-bond acceptors (Lipinski definition) is 3. The van der Waals surface area contributed by atoms with E-state index in [1.54, 1.807) is 0 Å². The Morgan fingerprint density at radius 2 is 1.93 bits per heavy atom. The van der Waals surface area contributed by atoms with Gasteiger partial charge in [-0.25, -0.2) is 4.68 Å². The highest BCUT2D eigenvalue weighted by Gasteiger charge is 2.30. The highest BCUT2D eigenvalue weighted by Crippen LogP contribution is 2.33. The molecule has 0 radical (unpaired) electrons. The van der Waals surface area contributed by atoms with Gasteiger partial charge in [0.15, 0.2) is 0 Å². The molecular formula is C23H25N3O2S. The maximum Gasteiger partial charge on any atom is 0.233 e. The maximum absolute atomic E-state index is 13.2. The lowest BCUT2D eigenvalue weighted by molar-refractivity contribution is -0.117. The van der Waals surface area contributed by atoms with E-state index in [9.17, 15) is 9.00 Å². The van der Waals surface area contributed by atoms with Gasteiger partial charge in [-0.15, -0.1) is 0 Å². The summed E-state index contributed by atoms with van der Waals surface area (Å²) < 4.78 is 13.9. The van der Waals surface area contributed by atoms with Gasteiger partial charge in [-0.3, -0.25) is 9.00 Å². The molecule has 0 unspecified atom stereocenters. The smallest absolute Gasteiger partial charge is 0.233 e. The standard InChI is InChI=1S/C23H25N3O2S/c1-4-18(17-8-6-5-7-9-17)23(27)24-22-19-13-29(28)14-20(19)25-26(22)21-11-10-15(2)12-16(21)3/h5-12,18H,4,13-14H2,1-3H3,(H,24,27)/t18-,29+/m1/s1. The van der Waals surface area contributed by atoms with Crippen molar-refractivity contribution >= 4 is 22.5 Å². The summed E-state index contributed by atoms with van der Waals surface area (Å²) in [5, 5.41) is 7.85. The van der Waals surface area contributed by atoms with Crippen molar-refractivity contribution < 1.29 is 9.00 Å². The first-order chi connectivity index (χ1) is 14.0. The first-order valence-electron chi connectivity index (χ1n) is 9.87. The number of nitrogens with zero attached hydrogens (tertiary/aromatic N) is 2. The largest absolute Gasteiger partial charge is 0.310 e. The zero-order valence-electron chi connectivity index (χ0n) is 16.9. The predicted octanol–water partition coefficient (Wildman–Crippen LogP) is 4.38. The van der Waals surface area contributed by atoms with Crippen LogP contribution in [0.2, 0.25) is 0 Å². The second-order valence-corrected chi connectivity index (χ2v) is 9.02. The summed E-state index contributed by atoms with van der Waals surface area (Å²) in [5.41, 5.74) is 5.88. The van der Waals surface area contributed by atoms with Gasteiger partial charge in [-0.05, 0) is 37.5 Å². The monoisotopic (exact) mass is 407 g/mol. The molecule has 0 aliphatic carbocycles. The van der Waals surface area contributed by atoms with E-state index in [1.807, 2.05) is 61.0 Å². The Balaban J connectivity index is 1.74. The fourth-order valence-electron chi connectivity index (χ4n) is 3.94. The number of carbonyl (C=O) groups excluding carboxylic acids is 1. The summed E-state index contributed by atoms with van der Waals surface area (Å²) in [7, 11) is -0.963. The minimum Gasteiger partial charge on any atom is -0.310 e.